The Morgan fingerprint density at radius 1 is 1.06 bits per heavy atom. The fourth-order valence-electron chi connectivity index (χ4n) is 5.03. The van der Waals surface area contributed by atoms with Gasteiger partial charge in [-0.05, 0) is 37.5 Å². The summed E-state index contributed by atoms with van der Waals surface area (Å²) in [5, 5.41) is 1.90. The van der Waals surface area contributed by atoms with Gasteiger partial charge < -0.3 is 4.90 Å². The molecular formula is C21H21F2N4O3P. The molecule has 3 heterocycles. The molecule has 3 atom stereocenters. The summed E-state index contributed by atoms with van der Waals surface area (Å²) in [7, 11) is 1.64. The van der Waals surface area contributed by atoms with E-state index in [9.17, 15) is 23.2 Å². The van der Waals surface area contributed by atoms with Crippen LogP contribution >= 0.6 is 9.24 Å². The summed E-state index contributed by atoms with van der Waals surface area (Å²) in [5.74, 6) is 4.14. The number of hydrazine groups is 1. The molecule has 2 aromatic rings. The first kappa shape index (κ1) is 20.3. The van der Waals surface area contributed by atoms with Gasteiger partial charge in [0.1, 0.15) is 6.04 Å². The van der Waals surface area contributed by atoms with Gasteiger partial charge in [-0.25, -0.2) is 19.6 Å². The topological polar surface area (TPSA) is 86.9 Å². The van der Waals surface area contributed by atoms with Crippen molar-refractivity contribution in [2.24, 2.45) is 5.84 Å². The normalized spacial score (nSPS) is 24.1. The Morgan fingerprint density at radius 2 is 1.84 bits per heavy atom. The Kier molecular flexibility index (Phi) is 4.53. The summed E-state index contributed by atoms with van der Waals surface area (Å²) in [5.41, 5.74) is -1.34. The predicted octanol–water partition coefficient (Wildman–Crippen LogP) is 2.63. The number of anilines is 2. The molecule has 7 nitrogen and oxygen atoms in total. The minimum atomic E-state index is -2.94. The highest BCUT2D eigenvalue weighted by Gasteiger charge is 2.45. The van der Waals surface area contributed by atoms with Crippen molar-refractivity contribution in [3.05, 3.63) is 35.9 Å². The molecule has 0 radical (unpaired) electrons. The fourth-order valence-corrected chi connectivity index (χ4v) is 5.38. The van der Waals surface area contributed by atoms with E-state index in [0.717, 1.165) is 0 Å². The number of benzene rings is 2. The molecule has 3 aliphatic heterocycles. The first-order valence-electron chi connectivity index (χ1n) is 10.1. The summed E-state index contributed by atoms with van der Waals surface area (Å²) >= 11 is 0. The molecule has 31 heavy (non-hydrogen) atoms. The number of nitrogens with two attached hydrogens (primary N) is 1. The van der Waals surface area contributed by atoms with Crippen molar-refractivity contribution in [2.45, 2.75) is 43.4 Å². The van der Waals surface area contributed by atoms with Gasteiger partial charge in [-0.2, -0.15) is 0 Å². The molecule has 3 amide bonds. The van der Waals surface area contributed by atoms with Crippen molar-refractivity contribution in [3.8, 4) is 0 Å². The number of piperidine rings is 1. The van der Waals surface area contributed by atoms with Gasteiger partial charge >= 0.3 is 0 Å². The van der Waals surface area contributed by atoms with E-state index >= 15 is 0 Å². The molecule has 0 aliphatic carbocycles. The van der Waals surface area contributed by atoms with Crippen LogP contribution in [0.15, 0.2) is 30.3 Å². The third-order valence-corrected chi connectivity index (χ3v) is 6.83. The average molecular weight is 446 g/mol. The first-order chi connectivity index (χ1) is 14.7. The summed E-state index contributed by atoms with van der Waals surface area (Å²) in [4.78, 5) is 40.8. The highest BCUT2D eigenvalue weighted by molar-refractivity contribution is 7.18. The largest absolute Gasteiger partial charge is 0.362 e. The molecule has 2 saturated heterocycles. The molecule has 5 rings (SSSR count). The molecule has 0 saturated carbocycles. The Balaban J connectivity index is 1.62. The Hall–Kier alpha value is -2.64. The van der Waals surface area contributed by atoms with Gasteiger partial charge in [0.15, 0.2) is 0 Å². The molecule has 162 valence electrons. The third-order valence-electron chi connectivity index (χ3n) is 6.45. The molecule has 2 unspecified atom stereocenters. The number of carbonyl (C=O) groups excluding carboxylic acids is 3. The molecule has 0 spiro atoms. The second kappa shape index (κ2) is 6.93. The molecule has 2 fully saturated rings. The van der Waals surface area contributed by atoms with Crippen LogP contribution in [0.5, 0.6) is 0 Å². The van der Waals surface area contributed by atoms with E-state index < -0.39 is 29.6 Å². The first-order valence-corrected chi connectivity index (χ1v) is 10.7. The summed E-state index contributed by atoms with van der Waals surface area (Å²) < 4.78 is 28.4. The summed E-state index contributed by atoms with van der Waals surface area (Å²) in [6, 6.07) is 6.81. The van der Waals surface area contributed by atoms with E-state index in [1.54, 1.807) is 38.4 Å². The van der Waals surface area contributed by atoms with Gasteiger partial charge in [-0.1, -0.05) is 21.4 Å². The summed E-state index contributed by atoms with van der Waals surface area (Å²) in [6.45, 7) is 0.496. The number of amides is 3. The minimum Gasteiger partial charge on any atom is -0.362 e. The number of hydrogen-bond donors (Lipinski definition) is 1. The zero-order valence-electron chi connectivity index (χ0n) is 16.6. The monoisotopic (exact) mass is 446 g/mol. The smallest absolute Gasteiger partial charge is 0.278 e. The van der Waals surface area contributed by atoms with Gasteiger partial charge in [0.05, 0.1) is 17.3 Å². The van der Waals surface area contributed by atoms with Crippen LogP contribution in [0, 0.1) is 0 Å². The quantitative estimate of drug-likeness (QED) is 0.339. The van der Waals surface area contributed by atoms with E-state index in [0.29, 0.717) is 52.1 Å². The van der Waals surface area contributed by atoms with Gasteiger partial charge in [0, 0.05) is 29.4 Å². The van der Waals surface area contributed by atoms with Gasteiger partial charge in [-0.3, -0.25) is 19.3 Å². The van der Waals surface area contributed by atoms with E-state index in [1.807, 2.05) is 6.07 Å². The van der Waals surface area contributed by atoms with E-state index in [-0.39, 0.29) is 18.7 Å². The van der Waals surface area contributed by atoms with Crippen LogP contribution < -0.4 is 15.6 Å². The molecule has 3 aliphatic rings. The Morgan fingerprint density at radius 3 is 2.58 bits per heavy atom. The van der Waals surface area contributed by atoms with Crippen molar-refractivity contribution < 1.29 is 23.2 Å². The lowest BCUT2D eigenvalue weighted by molar-refractivity contribution is -0.149. The fraction of sp³-hybridized carbons (Fsp3) is 0.381. The number of imide groups is 1. The van der Waals surface area contributed by atoms with Gasteiger partial charge in [0.25, 0.3) is 17.5 Å². The number of rotatable bonds is 3. The standard InChI is InChI=1S/C21H21F2N4O3P/c22-21(23,31)16-5-2-10-25(16)13-7-6-12-18-11(13)3-1-4-14(18)26(19(12)29)15-8-9-17(28)27(24)20(15)30/h1,3-4,6-7,15-16H,2,5,8-10,24,31H2/t15?,16-/m0/s1. The highest BCUT2D eigenvalue weighted by Crippen LogP contribution is 2.46. The van der Waals surface area contributed by atoms with E-state index in [2.05, 4.69) is 0 Å². The Bertz CT molecular complexity index is 1140. The van der Waals surface area contributed by atoms with Crippen molar-refractivity contribution in [1.82, 2.24) is 5.01 Å². The minimum absolute atomic E-state index is 0.0625. The number of nitrogens with zero attached hydrogens (tertiary/aromatic N) is 3. The zero-order chi connectivity index (χ0) is 22.1. The zero-order valence-corrected chi connectivity index (χ0v) is 17.7. The highest BCUT2D eigenvalue weighted by atomic mass is 31.0. The second-order valence-corrected chi connectivity index (χ2v) is 8.96. The lowest BCUT2D eigenvalue weighted by atomic mass is 10.0. The molecule has 2 N–H and O–H groups in total. The maximum Gasteiger partial charge on any atom is 0.278 e. The maximum absolute atomic E-state index is 14.2. The lowest BCUT2D eigenvalue weighted by Gasteiger charge is -2.33. The van der Waals surface area contributed by atoms with Crippen LogP contribution in [-0.2, 0) is 9.59 Å². The number of carbonyl (C=O) groups is 3. The summed E-state index contributed by atoms with van der Waals surface area (Å²) in [6.07, 6.45) is 1.27. The van der Waals surface area contributed by atoms with Gasteiger partial charge in [-0.15, -0.1) is 0 Å². The van der Waals surface area contributed by atoms with Crippen molar-refractivity contribution >= 4 is 49.1 Å². The lowest BCUT2D eigenvalue weighted by Crippen LogP contribution is -2.58. The SMILES string of the molecule is NN1C(=O)CCC(N2C(=O)c3ccc(N4CCC[C@H]4C(F)(F)P)c4cccc2c34)C1=O. The van der Waals surface area contributed by atoms with Crippen LogP contribution in [0.2, 0.25) is 0 Å². The number of halogens is 2. The molecule has 10 heteroatoms. The molecule has 0 aromatic heterocycles. The number of hydrogen-bond acceptors (Lipinski definition) is 5. The molecule has 0 bridgehead atoms. The van der Waals surface area contributed by atoms with E-state index in [4.69, 9.17) is 5.84 Å². The second-order valence-electron chi connectivity index (χ2n) is 8.19. The van der Waals surface area contributed by atoms with Crippen LogP contribution in [-0.4, -0.2) is 47.0 Å². The average Bonchev–Trinajstić information content (AvgIpc) is 3.32. The third kappa shape index (κ3) is 2.94. The van der Waals surface area contributed by atoms with Crippen molar-refractivity contribution in [1.29, 1.82) is 0 Å². The van der Waals surface area contributed by atoms with Crippen LogP contribution in [0.25, 0.3) is 10.8 Å². The van der Waals surface area contributed by atoms with Gasteiger partial charge in [0.2, 0.25) is 5.91 Å². The van der Waals surface area contributed by atoms with Crippen LogP contribution in [0.4, 0.5) is 20.2 Å². The molecular weight excluding hydrogens is 425 g/mol. The molecule has 2 aromatic carbocycles. The maximum atomic E-state index is 14.2. The van der Waals surface area contributed by atoms with Crippen LogP contribution in [0.3, 0.4) is 0 Å². The Labute approximate surface area is 179 Å². The van der Waals surface area contributed by atoms with Crippen molar-refractivity contribution in [2.75, 3.05) is 16.3 Å². The predicted molar refractivity (Wildman–Crippen MR) is 115 cm³/mol. The van der Waals surface area contributed by atoms with E-state index in [1.165, 1.54) is 4.90 Å². The number of alkyl halides is 2. The van der Waals surface area contributed by atoms with Crippen LogP contribution in [0.1, 0.15) is 36.0 Å². The van der Waals surface area contributed by atoms with Crippen molar-refractivity contribution in [3.63, 3.8) is 0 Å².